The SMILES string of the molecule is C=C(C)COCCNC(=O)C1CCNC1. The fourth-order valence-corrected chi connectivity index (χ4v) is 1.52. The molecule has 1 aliphatic heterocycles. The van der Waals surface area contributed by atoms with E-state index in [4.69, 9.17) is 4.74 Å². The predicted octanol–water partition coefficient (Wildman–Crippen LogP) is 0.305. The highest BCUT2D eigenvalue weighted by molar-refractivity contribution is 5.79. The van der Waals surface area contributed by atoms with E-state index in [1.807, 2.05) is 6.92 Å². The van der Waals surface area contributed by atoms with E-state index in [1.165, 1.54) is 0 Å². The monoisotopic (exact) mass is 212 g/mol. The van der Waals surface area contributed by atoms with Crippen LogP contribution < -0.4 is 10.6 Å². The summed E-state index contributed by atoms with van der Waals surface area (Å²) in [5, 5.41) is 6.03. The normalized spacial score (nSPS) is 20.2. The van der Waals surface area contributed by atoms with Gasteiger partial charge in [0.15, 0.2) is 0 Å². The van der Waals surface area contributed by atoms with Crippen LogP contribution >= 0.6 is 0 Å². The third kappa shape index (κ3) is 4.95. The number of amides is 1. The molecule has 0 radical (unpaired) electrons. The number of ether oxygens (including phenoxy) is 1. The summed E-state index contributed by atoms with van der Waals surface area (Å²) in [5.74, 6) is 0.282. The van der Waals surface area contributed by atoms with Crippen LogP contribution in [0, 0.1) is 5.92 Å². The van der Waals surface area contributed by atoms with Gasteiger partial charge in [-0.25, -0.2) is 0 Å². The molecule has 1 amide bonds. The van der Waals surface area contributed by atoms with E-state index in [1.54, 1.807) is 0 Å². The molecule has 1 atom stereocenters. The molecule has 1 fully saturated rings. The maximum Gasteiger partial charge on any atom is 0.224 e. The molecule has 4 nitrogen and oxygen atoms in total. The van der Waals surface area contributed by atoms with Gasteiger partial charge in [-0.1, -0.05) is 12.2 Å². The number of hydrogen-bond donors (Lipinski definition) is 2. The highest BCUT2D eigenvalue weighted by Crippen LogP contribution is 2.06. The van der Waals surface area contributed by atoms with Crippen molar-refractivity contribution in [3.8, 4) is 0 Å². The summed E-state index contributed by atoms with van der Waals surface area (Å²) in [6.07, 6.45) is 0.943. The van der Waals surface area contributed by atoms with Crippen LogP contribution in [0.3, 0.4) is 0 Å². The molecule has 86 valence electrons. The lowest BCUT2D eigenvalue weighted by Crippen LogP contribution is -2.34. The van der Waals surface area contributed by atoms with Gasteiger partial charge in [-0.15, -0.1) is 0 Å². The van der Waals surface area contributed by atoms with Crippen molar-refractivity contribution in [3.05, 3.63) is 12.2 Å². The highest BCUT2D eigenvalue weighted by Gasteiger charge is 2.21. The smallest absolute Gasteiger partial charge is 0.224 e. The number of carbonyl (C=O) groups excluding carboxylic acids is 1. The fraction of sp³-hybridized carbons (Fsp3) is 0.727. The van der Waals surface area contributed by atoms with Crippen molar-refractivity contribution in [2.45, 2.75) is 13.3 Å². The zero-order valence-electron chi connectivity index (χ0n) is 9.34. The summed E-state index contributed by atoms with van der Waals surface area (Å²) in [5.41, 5.74) is 1.00. The molecule has 0 aromatic rings. The minimum Gasteiger partial charge on any atom is -0.375 e. The Labute approximate surface area is 91.1 Å². The third-order valence-corrected chi connectivity index (χ3v) is 2.33. The molecule has 1 rings (SSSR count). The molecule has 0 aliphatic carbocycles. The molecule has 0 aromatic carbocycles. The van der Waals surface area contributed by atoms with Crippen LogP contribution in [0.4, 0.5) is 0 Å². The summed E-state index contributed by atoms with van der Waals surface area (Å²) in [4.78, 5) is 11.5. The molecule has 1 aliphatic rings. The lowest BCUT2D eigenvalue weighted by Gasteiger charge is -2.09. The van der Waals surface area contributed by atoms with Gasteiger partial charge in [-0.05, 0) is 19.9 Å². The van der Waals surface area contributed by atoms with Gasteiger partial charge in [0.05, 0.1) is 19.1 Å². The molecule has 1 heterocycles. The van der Waals surface area contributed by atoms with E-state index in [0.29, 0.717) is 19.8 Å². The quantitative estimate of drug-likeness (QED) is 0.492. The molecule has 4 heteroatoms. The molecule has 0 bridgehead atoms. The van der Waals surface area contributed by atoms with Gasteiger partial charge in [0, 0.05) is 13.1 Å². The first kappa shape index (κ1) is 12.2. The van der Waals surface area contributed by atoms with Crippen molar-refractivity contribution >= 4 is 5.91 Å². The standard InChI is InChI=1S/C11H20N2O2/c1-9(2)8-15-6-5-13-11(14)10-3-4-12-7-10/h10,12H,1,3-8H2,2H3,(H,13,14). The molecular weight excluding hydrogens is 192 g/mol. The van der Waals surface area contributed by atoms with Gasteiger partial charge in [-0.2, -0.15) is 0 Å². The van der Waals surface area contributed by atoms with E-state index in [0.717, 1.165) is 25.1 Å². The van der Waals surface area contributed by atoms with E-state index >= 15 is 0 Å². The second-order valence-electron chi connectivity index (χ2n) is 3.99. The zero-order valence-corrected chi connectivity index (χ0v) is 9.34. The zero-order chi connectivity index (χ0) is 11.1. The van der Waals surface area contributed by atoms with E-state index in [-0.39, 0.29) is 11.8 Å². The second kappa shape index (κ2) is 6.58. The average Bonchev–Trinajstić information content (AvgIpc) is 2.69. The van der Waals surface area contributed by atoms with Crippen molar-refractivity contribution in [2.24, 2.45) is 5.92 Å². The molecule has 15 heavy (non-hydrogen) atoms. The van der Waals surface area contributed by atoms with E-state index in [9.17, 15) is 4.79 Å². The van der Waals surface area contributed by atoms with Gasteiger partial charge in [0.25, 0.3) is 0 Å². The van der Waals surface area contributed by atoms with E-state index in [2.05, 4.69) is 17.2 Å². The van der Waals surface area contributed by atoms with Crippen LogP contribution in [0.15, 0.2) is 12.2 Å². The largest absolute Gasteiger partial charge is 0.375 e. The molecule has 0 aromatic heterocycles. The number of rotatable bonds is 6. The Balaban J connectivity index is 1.99. The van der Waals surface area contributed by atoms with Crippen molar-refractivity contribution in [1.29, 1.82) is 0 Å². The van der Waals surface area contributed by atoms with Crippen LogP contribution in [0.1, 0.15) is 13.3 Å². The van der Waals surface area contributed by atoms with Crippen molar-refractivity contribution < 1.29 is 9.53 Å². The second-order valence-corrected chi connectivity index (χ2v) is 3.99. The lowest BCUT2D eigenvalue weighted by atomic mass is 10.1. The van der Waals surface area contributed by atoms with Crippen molar-refractivity contribution in [3.63, 3.8) is 0 Å². The fourth-order valence-electron chi connectivity index (χ4n) is 1.52. The predicted molar refractivity (Wildman–Crippen MR) is 59.6 cm³/mol. The molecule has 1 saturated heterocycles. The topological polar surface area (TPSA) is 50.4 Å². The first-order valence-corrected chi connectivity index (χ1v) is 5.40. The summed E-state index contributed by atoms with van der Waals surface area (Å²) in [6.45, 7) is 9.11. The van der Waals surface area contributed by atoms with Crippen LogP contribution in [0.5, 0.6) is 0 Å². The van der Waals surface area contributed by atoms with Crippen molar-refractivity contribution in [2.75, 3.05) is 32.8 Å². The molecular formula is C11H20N2O2. The summed E-state index contributed by atoms with van der Waals surface area (Å²) >= 11 is 0. The van der Waals surface area contributed by atoms with Gasteiger partial charge < -0.3 is 15.4 Å². The van der Waals surface area contributed by atoms with Gasteiger partial charge in [0.1, 0.15) is 0 Å². The Morgan fingerprint density at radius 1 is 1.67 bits per heavy atom. The molecule has 2 N–H and O–H groups in total. The van der Waals surface area contributed by atoms with Crippen LogP contribution in [-0.2, 0) is 9.53 Å². The Morgan fingerprint density at radius 2 is 2.47 bits per heavy atom. The van der Waals surface area contributed by atoms with Gasteiger partial charge in [0.2, 0.25) is 5.91 Å². The minimum absolute atomic E-state index is 0.138. The average molecular weight is 212 g/mol. The maximum absolute atomic E-state index is 11.5. The third-order valence-electron chi connectivity index (χ3n) is 2.33. The van der Waals surface area contributed by atoms with Crippen molar-refractivity contribution in [1.82, 2.24) is 10.6 Å². The Bertz CT molecular complexity index is 223. The Morgan fingerprint density at radius 3 is 3.07 bits per heavy atom. The lowest BCUT2D eigenvalue weighted by molar-refractivity contribution is -0.124. The first-order valence-electron chi connectivity index (χ1n) is 5.40. The van der Waals surface area contributed by atoms with Crippen LogP contribution in [0.25, 0.3) is 0 Å². The Kier molecular flexibility index (Phi) is 5.36. The highest BCUT2D eigenvalue weighted by atomic mass is 16.5. The minimum atomic E-state index is 0.138. The Hall–Kier alpha value is -0.870. The maximum atomic E-state index is 11.5. The number of carbonyl (C=O) groups is 1. The summed E-state index contributed by atoms with van der Waals surface area (Å²) in [7, 11) is 0. The summed E-state index contributed by atoms with van der Waals surface area (Å²) < 4.78 is 5.28. The number of nitrogens with one attached hydrogen (secondary N) is 2. The molecule has 0 spiro atoms. The molecule has 1 unspecified atom stereocenters. The van der Waals surface area contributed by atoms with Gasteiger partial charge in [-0.3, -0.25) is 4.79 Å². The molecule has 0 saturated carbocycles. The van der Waals surface area contributed by atoms with Crippen LogP contribution in [0.2, 0.25) is 0 Å². The van der Waals surface area contributed by atoms with Gasteiger partial charge >= 0.3 is 0 Å². The number of hydrogen-bond acceptors (Lipinski definition) is 3. The van der Waals surface area contributed by atoms with E-state index < -0.39 is 0 Å². The van der Waals surface area contributed by atoms with Crippen LogP contribution in [-0.4, -0.2) is 38.8 Å². The summed E-state index contributed by atoms with van der Waals surface area (Å²) in [6, 6.07) is 0. The first-order chi connectivity index (χ1) is 7.20.